The van der Waals surface area contributed by atoms with E-state index in [1.165, 1.54) is 12.8 Å². The van der Waals surface area contributed by atoms with Crippen molar-refractivity contribution in [3.8, 4) is 11.5 Å². The Morgan fingerprint density at radius 1 is 1.38 bits per heavy atom. The second-order valence-electron chi connectivity index (χ2n) is 5.17. The van der Waals surface area contributed by atoms with Crippen LogP contribution in [-0.2, 0) is 0 Å². The number of rotatable bonds is 4. The van der Waals surface area contributed by atoms with Crippen molar-refractivity contribution in [2.75, 3.05) is 19.6 Å². The maximum Gasteiger partial charge on any atom is 0.260 e. The topological polar surface area (TPSA) is 68.2 Å². The van der Waals surface area contributed by atoms with Crippen LogP contribution < -0.4 is 5.73 Å². The van der Waals surface area contributed by atoms with Gasteiger partial charge in [0.25, 0.3) is 5.89 Å². The van der Waals surface area contributed by atoms with Gasteiger partial charge in [0.1, 0.15) is 5.82 Å². The minimum atomic E-state index is -0.416. The van der Waals surface area contributed by atoms with E-state index in [1.807, 2.05) is 0 Å². The van der Waals surface area contributed by atoms with Gasteiger partial charge < -0.3 is 15.2 Å². The first kappa shape index (κ1) is 14.6. The van der Waals surface area contributed by atoms with E-state index in [-0.39, 0.29) is 17.5 Å². The zero-order valence-electron chi connectivity index (χ0n) is 11.4. The lowest BCUT2D eigenvalue weighted by atomic mass is 10.2. The summed E-state index contributed by atoms with van der Waals surface area (Å²) in [5.74, 6) is 0.151. The van der Waals surface area contributed by atoms with Crippen molar-refractivity contribution >= 4 is 15.9 Å². The van der Waals surface area contributed by atoms with Gasteiger partial charge in [0, 0.05) is 6.54 Å². The number of nitrogens with two attached hydrogens (primary N) is 1. The third kappa shape index (κ3) is 3.14. The highest BCUT2D eigenvalue weighted by Crippen LogP contribution is 2.27. The largest absolute Gasteiger partial charge is 0.334 e. The summed E-state index contributed by atoms with van der Waals surface area (Å²) < 4.78 is 19.5. The molecule has 1 saturated heterocycles. The first-order valence-corrected chi connectivity index (χ1v) is 7.70. The first-order chi connectivity index (χ1) is 10.1. The Bertz CT molecular complexity index is 627. The molecule has 0 aliphatic carbocycles. The molecule has 1 aliphatic heterocycles. The SMILES string of the molecule is NC(CN1CCCC1)c1noc(-c2cccc(Br)c2F)n1. The van der Waals surface area contributed by atoms with Crippen molar-refractivity contribution in [2.24, 2.45) is 5.73 Å². The van der Waals surface area contributed by atoms with Gasteiger partial charge in [0.15, 0.2) is 5.82 Å². The van der Waals surface area contributed by atoms with E-state index < -0.39 is 5.82 Å². The Morgan fingerprint density at radius 3 is 2.90 bits per heavy atom. The van der Waals surface area contributed by atoms with E-state index in [0.29, 0.717) is 16.8 Å². The fraction of sp³-hybridized carbons (Fsp3) is 0.429. The van der Waals surface area contributed by atoms with Gasteiger partial charge in [-0.05, 0) is 54.0 Å². The number of aromatic nitrogens is 2. The fourth-order valence-electron chi connectivity index (χ4n) is 2.49. The smallest absolute Gasteiger partial charge is 0.260 e. The lowest BCUT2D eigenvalue weighted by Gasteiger charge is -2.17. The van der Waals surface area contributed by atoms with Crippen LogP contribution in [0.5, 0.6) is 0 Å². The molecule has 0 bridgehead atoms. The lowest BCUT2D eigenvalue weighted by molar-refractivity contribution is 0.306. The Hall–Kier alpha value is -1.31. The van der Waals surface area contributed by atoms with Gasteiger partial charge in [0.05, 0.1) is 16.1 Å². The summed E-state index contributed by atoms with van der Waals surface area (Å²) in [6.07, 6.45) is 2.40. The van der Waals surface area contributed by atoms with Crippen molar-refractivity contribution in [3.05, 3.63) is 34.3 Å². The summed E-state index contributed by atoms with van der Waals surface area (Å²) in [4.78, 5) is 6.51. The Balaban J connectivity index is 1.77. The zero-order chi connectivity index (χ0) is 14.8. The van der Waals surface area contributed by atoms with Gasteiger partial charge in [-0.1, -0.05) is 11.2 Å². The number of likely N-dealkylation sites (tertiary alicyclic amines) is 1. The highest BCUT2D eigenvalue weighted by molar-refractivity contribution is 9.10. The van der Waals surface area contributed by atoms with Crippen LogP contribution in [0, 0.1) is 5.82 Å². The summed E-state index contributed by atoms with van der Waals surface area (Å²) in [5.41, 5.74) is 6.38. The first-order valence-electron chi connectivity index (χ1n) is 6.91. The van der Waals surface area contributed by atoms with Crippen LogP contribution in [0.1, 0.15) is 24.7 Å². The minimum Gasteiger partial charge on any atom is -0.334 e. The Morgan fingerprint density at radius 2 is 2.14 bits per heavy atom. The molecule has 2 aromatic rings. The molecule has 1 unspecified atom stereocenters. The average Bonchev–Trinajstić information content (AvgIpc) is 3.12. The van der Waals surface area contributed by atoms with Crippen molar-refractivity contribution in [2.45, 2.75) is 18.9 Å². The van der Waals surface area contributed by atoms with Gasteiger partial charge in [-0.3, -0.25) is 0 Å². The second kappa shape index (κ2) is 6.21. The summed E-state index contributed by atoms with van der Waals surface area (Å²) in [6, 6.07) is 4.62. The number of halogens is 2. The summed E-state index contributed by atoms with van der Waals surface area (Å²) in [7, 11) is 0. The number of hydrogen-bond donors (Lipinski definition) is 1. The molecule has 3 rings (SSSR count). The van der Waals surface area contributed by atoms with Crippen LogP contribution >= 0.6 is 15.9 Å². The van der Waals surface area contributed by atoms with E-state index in [2.05, 4.69) is 31.0 Å². The number of benzene rings is 1. The van der Waals surface area contributed by atoms with Crippen molar-refractivity contribution in [3.63, 3.8) is 0 Å². The van der Waals surface area contributed by atoms with Crippen molar-refractivity contribution < 1.29 is 8.91 Å². The Kier molecular flexibility index (Phi) is 4.32. The molecule has 0 amide bonds. The normalized spacial score (nSPS) is 17.3. The zero-order valence-corrected chi connectivity index (χ0v) is 13.0. The van der Waals surface area contributed by atoms with Gasteiger partial charge in [-0.2, -0.15) is 4.98 Å². The van der Waals surface area contributed by atoms with Crippen molar-refractivity contribution in [1.29, 1.82) is 0 Å². The molecular formula is C14H16BrFN4O. The van der Waals surface area contributed by atoms with E-state index in [1.54, 1.807) is 18.2 Å². The van der Waals surface area contributed by atoms with Gasteiger partial charge in [0.2, 0.25) is 0 Å². The number of hydrogen-bond acceptors (Lipinski definition) is 5. The summed E-state index contributed by atoms with van der Waals surface area (Å²) >= 11 is 3.14. The molecule has 2 heterocycles. The standard InChI is InChI=1S/C14H16BrFN4O/c15-10-5-3-4-9(12(10)16)14-18-13(19-21-14)11(17)8-20-6-1-2-7-20/h3-5,11H,1-2,6-8,17H2. The third-order valence-corrected chi connectivity index (χ3v) is 4.22. The van der Waals surface area contributed by atoms with Crippen LogP contribution in [0.4, 0.5) is 4.39 Å². The number of nitrogens with zero attached hydrogens (tertiary/aromatic N) is 3. The monoisotopic (exact) mass is 354 g/mol. The molecular weight excluding hydrogens is 339 g/mol. The fourth-order valence-corrected chi connectivity index (χ4v) is 2.86. The predicted molar refractivity (Wildman–Crippen MR) is 80.0 cm³/mol. The van der Waals surface area contributed by atoms with Crippen LogP contribution in [0.15, 0.2) is 27.2 Å². The highest BCUT2D eigenvalue weighted by Gasteiger charge is 2.21. The minimum absolute atomic E-state index is 0.153. The molecule has 1 aromatic heterocycles. The molecule has 7 heteroatoms. The molecule has 1 aromatic carbocycles. The third-order valence-electron chi connectivity index (χ3n) is 3.61. The quantitative estimate of drug-likeness (QED) is 0.914. The maximum atomic E-state index is 14.0. The molecule has 1 fully saturated rings. The van der Waals surface area contributed by atoms with E-state index >= 15 is 0 Å². The van der Waals surface area contributed by atoms with E-state index in [9.17, 15) is 4.39 Å². The van der Waals surface area contributed by atoms with Gasteiger partial charge in [-0.25, -0.2) is 4.39 Å². The molecule has 0 saturated carbocycles. The van der Waals surface area contributed by atoms with E-state index in [4.69, 9.17) is 10.3 Å². The average molecular weight is 355 g/mol. The maximum absolute atomic E-state index is 14.0. The summed E-state index contributed by atoms with van der Waals surface area (Å²) in [6.45, 7) is 2.80. The second-order valence-corrected chi connectivity index (χ2v) is 6.03. The molecule has 0 spiro atoms. The van der Waals surface area contributed by atoms with Crippen LogP contribution in [-0.4, -0.2) is 34.7 Å². The highest BCUT2D eigenvalue weighted by atomic mass is 79.9. The van der Waals surface area contributed by atoms with Crippen LogP contribution in [0.25, 0.3) is 11.5 Å². The molecule has 2 N–H and O–H groups in total. The molecule has 112 valence electrons. The Labute approximate surface area is 130 Å². The summed E-state index contributed by atoms with van der Waals surface area (Å²) in [5, 5.41) is 3.89. The van der Waals surface area contributed by atoms with Crippen LogP contribution in [0.3, 0.4) is 0 Å². The molecule has 1 atom stereocenters. The predicted octanol–water partition coefficient (Wildman–Crippen LogP) is 2.73. The molecule has 0 radical (unpaired) electrons. The van der Waals surface area contributed by atoms with Gasteiger partial charge in [-0.15, -0.1) is 0 Å². The molecule has 5 nitrogen and oxygen atoms in total. The lowest BCUT2D eigenvalue weighted by Crippen LogP contribution is -2.30. The molecule has 21 heavy (non-hydrogen) atoms. The van der Waals surface area contributed by atoms with Gasteiger partial charge >= 0.3 is 0 Å². The van der Waals surface area contributed by atoms with Crippen LogP contribution in [0.2, 0.25) is 0 Å². The van der Waals surface area contributed by atoms with Crippen molar-refractivity contribution in [1.82, 2.24) is 15.0 Å². The molecule has 1 aliphatic rings. The van der Waals surface area contributed by atoms with E-state index in [0.717, 1.165) is 13.1 Å².